The standard InChI is InChI=1S/C14H12N4O2/c1-8-17-11-4-2-9(6-12(11)20-8)14(19)18-13-5-3-10(15)7-16-13/h2-7H,15H2,1H3,(H,16,18,19). The molecule has 0 aliphatic rings. The minimum Gasteiger partial charge on any atom is -0.441 e. The number of benzene rings is 1. The summed E-state index contributed by atoms with van der Waals surface area (Å²) in [6, 6.07) is 8.41. The molecule has 3 rings (SSSR count). The molecule has 2 heterocycles. The number of hydrogen-bond acceptors (Lipinski definition) is 5. The average molecular weight is 268 g/mol. The second kappa shape index (κ2) is 4.65. The van der Waals surface area contributed by atoms with Gasteiger partial charge in [0.15, 0.2) is 11.5 Å². The van der Waals surface area contributed by atoms with Gasteiger partial charge >= 0.3 is 0 Å². The first-order valence-electron chi connectivity index (χ1n) is 6.02. The van der Waals surface area contributed by atoms with Crippen molar-refractivity contribution in [3.63, 3.8) is 0 Å². The number of nitrogens with one attached hydrogen (secondary N) is 1. The van der Waals surface area contributed by atoms with E-state index in [0.29, 0.717) is 28.5 Å². The molecule has 0 atom stereocenters. The topological polar surface area (TPSA) is 94.0 Å². The van der Waals surface area contributed by atoms with Crippen molar-refractivity contribution in [2.24, 2.45) is 0 Å². The van der Waals surface area contributed by atoms with Gasteiger partial charge in [0, 0.05) is 12.5 Å². The lowest BCUT2D eigenvalue weighted by molar-refractivity contribution is 0.102. The molecular formula is C14H12N4O2. The van der Waals surface area contributed by atoms with Crippen LogP contribution in [0.4, 0.5) is 11.5 Å². The molecule has 1 amide bonds. The van der Waals surface area contributed by atoms with Crippen molar-refractivity contribution in [1.29, 1.82) is 0 Å². The summed E-state index contributed by atoms with van der Waals surface area (Å²) in [5.41, 5.74) is 7.87. The molecule has 0 saturated heterocycles. The fourth-order valence-electron chi connectivity index (χ4n) is 1.85. The van der Waals surface area contributed by atoms with Gasteiger partial charge in [-0.3, -0.25) is 4.79 Å². The van der Waals surface area contributed by atoms with Crippen molar-refractivity contribution in [3.05, 3.63) is 48.0 Å². The molecule has 0 fully saturated rings. The number of rotatable bonds is 2. The highest BCUT2D eigenvalue weighted by molar-refractivity contribution is 6.05. The lowest BCUT2D eigenvalue weighted by atomic mass is 10.2. The predicted molar refractivity (Wildman–Crippen MR) is 75.3 cm³/mol. The third kappa shape index (κ3) is 2.31. The Kier molecular flexibility index (Phi) is 2.83. The van der Waals surface area contributed by atoms with Gasteiger partial charge in [-0.1, -0.05) is 0 Å². The summed E-state index contributed by atoms with van der Waals surface area (Å²) in [6.45, 7) is 1.76. The largest absolute Gasteiger partial charge is 0.441 e. The van der Waals surface area contributed by atoms with Gasteiger partial charge in [-0.15, -0.1) is 0 Å². The van der Waals surface area contributed by atoms with Gasteiger partial charge < -0.3 is 15.5 Å². The smallest absolute Gasteiger partial charge is 0.256 e. The molecule has 0 aliphatic heterocycles. The number of nitrogens with zero attached hydrogens (tertiary/aromatic N) is 2. The van der Waals surface area contributed by atoms with Crippen molar-refractivity contribution < 1.29 is 9.21 Å². The number of pyridine rings is 1. The van der Waals surface area contributed by atoms with Crippen LogP contribution in [-0.4, -0.2) is 15.9 Å². The van der Waals surface area contributed by atoms with E-state index in [9.17, 15) is 4.79 Å². The minimum atomic E-state index is -0.266. The Morgan fingerprint density at radius 3 is 2.90 bits per heavy atom. The number of carbonyl (C=O) groups excluding carboxylic acids is 1. The van der Waals surface area contributed by atoms with Gasteiger partial charge in [-0.05, 0) is 30.3 Å². The van der Waals surface area contributed by atoms with E-state index in [1.807, 2.05) is 0 Å². The van der Waals surface area contributed by atoms with E-state index in [1.165, 1.54) is 6.20 Å². The van der Waals surface area contributed by atoms with E-state index in [1.54, 1.807) is 37.3 Å². The molecule has 0 unspecified atom stereocenters. The third-order valence-corrected chi connectivity index (χ3v) is 2.79. The molecule has 1 aromatic carbocycles. The lowest BCUT2D eigenvalue weighted by Gasteiger charge is -2.04. The Balaban J connectivity index is 1.86. The maximum absolute atomic E-state index is 12.1. The first kappa shape index (κ1) is 12.2. The van der Waals surface area contributed by atoms with Crippen LogP contribution in [-0.2, 0) is 0 Å². The molecule has 6 nitrogen and oxygen atoms in total. The van der Waals surface area contributed by atoms with E-state index >= 15 is 0 Å². The van der Waals surface area contributed by atoms with Crippen molar-refractivity contribution >= 4 is 28.5 Å². The normalized spacial score (nSPS) is 10.7. The Hall–Kier alpha value is -2.89. The number of fused-ring (bicyclic) bond motifs is 1. The molecule has 100 valence electrons. The fraction of sp³-hybridized carbons (Fsp3) is 0.0714. The third-order valence-electron chi connectivity index (χ3n) is 2.79. The van der Waals surface area contributed by atoms with Crippen LogP contribution in [0, 0.1) is 6.92 Å². The zero-order chi connectivity index (χ0) is 14.1. The highest BCUT2D eigenvalue weighted by atomic mass is 16.3. The SMILES string of the molecule is Cc1nc2ccc(C(=O)Nc3ccc(N)cn3)cc2o1. The molecule has 2 aromatic heterocycles. The summed E-state index contributed by atoms with van der Waals surface area (Å²) in [5, 5.41) is 2.69. The first-order chi connectivity index (χ1) is 9.61. The first-order valence-corrected chi connectivity index (χ1v) is 6.02. The summed E-state index contributed by atoms with van der Waals surface area (Å²) in [6.07, 6.45) is 1.48. The molecule has 6 heteroatoms. The summed E-state index contributed by atoms with van der Waals surface area (Å²) in [4.78, 5) is 20.3. The Morgan fingerprint density at radius 1 is 1.30 bits per heavy atom. The number of nitrogen functional groups attached to an aromatic ring is 1. The highest BCUT2D eigenvalue weighted by Gasteiger charge is 2.10. The molecule has 0 radical (unpaired) electrons. The monoisotopic (exact) mass is 268 g/mol. The number of nitrogens with two attached hydrogens (primary N) is 1. The van der Waals surface area contributed by atoms with Gasteiger partial charge in [0.1, 0.15) is 11.3 Å². The number of aromatic nitrogens is 2. The Bertz CT molecular complexity index is 777. The van der Waals surface area contributed by atoms with Gasteiger partial charge in [0.2, 0.25) is 0 Å². The van der Waals surface area contributed by atoms with E-state index in [0.717, 1.165) is 5.52 Å². The quantitative estimate of drug-likeness (QED) is 0.744. The van der Waals surface area contributed by atoms with Crippen molar-refractivity contribution in [1.82, 2.24) is 9.97 Å². The summed E-state index contributed by atoms with van der Waals surface area (Å²) >= 11 is 0. The second-order valence-electron chi connectivity index (χ2n) is 4.35. The molecule has 0 spiro atoms. The summed E-state index contributed by atoms with van der Waals surface area (Å²) in [7, 11) is 0. The van der Waals surface area contributed by atoms with Crippen LogP contribution in [0.1, 0.15) is 16.2 Å². The number of hydrogen-bond donors (Lipinski definition) is 2. The maximum Gasteiger partial charge on any atom is 0.256 e. The van der Waals surface area contributed by atoms with Crippen LogP contribution in [0.2, 0.25) is 0 Å². The van der Waals surface area contributed by atoms with Crippen molar-refractivity contribution in [2.75, 3.05) is 11.1 Å². The number of amides is 1. The van der Waals surface area contributed by atoms with Crippen LogP contribution in [0.15, 0.2) is 40.9 Å². The fourth-order valence-corrected chi connectivity index (χ4v) is 1.85. The number of aryl methyl sites for hydroxylation is 1. The van der Waals surface area contributed by atoms with Crippen molar-refractivity contribution in [2.45, 2.75) is 6.92 Å². The van der Waals surface area contributed by atoms with Gasteiger partial charge in [0.05, 0.1) is 11.9 Å². The van der Waals surface area contributed by atoms with Gasteiger partial charge in [0.25, 0.3) is 5.91 Å². The minimum absolute atomic E-state index is 0.266. The van der Waals surface area contributed by atoms with Crippen LogP contribution >= 0.6 is 0 Å². The Morgan fingerprint density at radius 2 is 2.15 bits per heavy atom. The van der Waals surface area contributed by atoms with Gasteiger partial charge in [-0.25, -0.2) is 9.97 Å². The van der Waals surface area contributed by atoms with Crippen molar-refractivity contribution in [3.8, 4) is 0 Å². The van der Waals surface area contributed by atoms with Crippen LogP contribution in [0.5, 0.6) is 0 Å². The summed E-state index contributed by atoms with van der Waals surface area (Å²) in [5.74, 6) is 0.744. The lowest BCUT2D eigenvalue weighted by Crippen LogP contribution is -2.12. The molecule has 0 aliphatic carbocycles. The van der Waals surface area contributed by atoms with E-state index in [2.05, 4.69) is 15.3 Å². The average Bonchev–Trinajstić information content (AvgIpc) is 2.80. The van der Waals surface area contributed by atoms with E-state index < -0.39 is 0 Å². The second-order valence-corrected chi connectivity index (χ2v) is 4.35. The van der Waals surface area contributed by atoms with E-state index in [-0.39, 0.29) is 5.91 Å². The van der Waals surface area contributed by atoms with Crippen LogP contribution < -0.4 is 11.1 Å². The van der Waals surface area contributed by atoms with Gasteiger partial charge in [-0.2, -0.15) is 0 Å². The number of anilines is 2. The Labute approximate surface area is 114 Å². The zero-order valence-corrected chi connectivity index (χ0v) is 10.8. The van der Waals surface area contributed by atoms with E-state index in [4.69, 9.17) is 10.2 Å². The summed E-state index contributed by atoms with van der Waals surface area (Å²) < 4.78 is 5.40. The maximum atomic E-state index is 12.1. The molecular weight excluding hydrogens is 256 g/mol. The molecule has 3 N–H and O–H groups in total. The number of carbonyl (C=O) groups is 1. The molecule has 0 saturated carbocycles. The highest BCUT2D eigenvalue weighted by Crippen LogP contribution is 2.17. The predicted octanol–water partition coefficient (Wildman–Crippen LogP) is 2.37. The molecule has 0 bridgehead atoms. The number of oxazole rings is 1. The molecule has 3 aromatic rings. The molecule has 20 heavy (non-hydrogen) atoms. The zero-order valence-electron chi connectivity index (χ0n) is 10.8. The van der Waals surface area contributed by atoms with Crippen LogP contribution in [0.25, 0.3) is 11.1 Å². The van der Waals surface area contributed by atoms with Crippen LogP contribution in [0.3, 0.4) is 0 Å².